The zero-order chi connectivity index (χ0) is 15.4. The van der Waals surface area contributed by atoms with Crippen molar-refractivity contribution in [2.75, 3.05) is 11.9 Å². The molecular weight excluding hydrogens is 286 g/mol. The van der Waals surface area contributed by atoms with Crippen molar-refractivity contribution in [3.63, 3.8) is 0 Å². The minimum absolute atomic E-state index is 0.00620. The van der Waals surface area contributed by atoms with Crippen LogP contribution in [0, 0.1) is 6.92 Å². The van der Waals surface area contributed by atoms with Crippen molar-refractivity contribution in [3.8, 4) is 0 Å². The third kappa shape index (κ3) is 3.47. The number of aryl methyl sites for hydroxylation is 1. The molecule has 2 aromatic rings. The maximum atomic E-state index is 8.93. The molecule has 0 heterocycles. The molecular formula is C16H18ClN3O. The molecule has 0 atom stereocenters. The monoisotopic (exact) mass is 303 g/mol. The minimum Gasteiger partial charge on any atom is -0.409 e. The molecule has 3 N–H and O–H groups in total. The lowest BCUT2D eigenvalue weighted by Gasteiger charge is -2.23. The van der Waals surface area contributed by atoms with Crippen molar-refractivity contribution in [3.05, 3.63) is 64.2 Å². The highest BCUT2D eigenvalue weighted by Crippen LogP contribution is 2.27. The number of benzene rings is 2. The van der Waals surface area contributed by atoms with E-state index in [0.717, 1.165) is 5.69 Å². The Hall–Kier alpha value is -2.20. The lowest BCUT2D eigenvalue weighted by Crippen LogP contribution is -2.23. The van der Waals surface area contributed by atoms with Crippen LogP contribution in [0.1, 0.15) is 16.7 Å². The summed E-state index contributed by atoms with van der Waals surface area (Å²) < 4.78 is 0. The van der Waals surface area contributed by atoms with Crippen LogP contribution >= 0.6 is 11.6 Å². The molecule has 0 spiro atoms. The van der Waals surface area contributed by atoms with Crippen LogP contribution in [0.25, 0.3) is 0 Å². The van der Waals surface area contributed by atoms with Gasteiger partial charge in [0.1, 0.15) is 0 Å². The second-order valence-corrected chi connectivity index (χ2v) is 5.37. The van der Waals surface area contributed by atoms with E-state index >= 15 is 0 Å². The van der Waals surface area contributed by atoms with Crippen LogP contribution in [0.3, 0.4) is 0 Å². The summed E-state index contributed by atoms with van der Waals surface area (Å²) in [7, 11) is 1.95. The third-order valence-electron chi connectivity index (χ3n) is 3.27. The van der Waals surface area contributed by atoms with Gasteiger partial charge in [-0.15, -0.1) is 0 Å². The highest BCUT2D eigenvalue weighted by molar-refractivity contribution is 6.34. The first kappa shape index (κ1) is 15.2. The van der Waals surface area contributed by atoms with Gasteiger partial charge in [0.05, 0.1) is 10.6 Å². The normalized spacial score (nSPS) is 11.5. The fourth-order valence-corrected chi connectivity index (χ4v) is 2.57. The molecule has 0 bridgehead atoms. The van der Waals surface area contributed by atoms with Gasteiger partial charge in [0.15, 0.2) is 5.84 Å². The molecule has 0 saturated heterocycles. The van der Waals surface area contributed by atoms with Crippen molar-refractivity contribution in [1.29, 1.82) is 0 Å². The Morgan fingerprint density at radius 1 is 1.29 bits per heavy atom. The van der Waals surface area contributed by atoms with Crippen molar-refractivity contribution in [1.82, 2.24) is 0 Å². The molecule has 0 saturated carbocycles. The fraction of sp³-hybridized carbons (Fsp3) is 0.188. The van der Waals surface area contributed by atoms with Gasteiger partial charge in [-0.2, -0.15) is 0 Å². The molecule has 0 amide bonds. The zero-order valence-electron chi connectivity index (χ0n) is 12.0. The molecule has 0 unspecified atom stereocenters. The van der Waals surface area contributed by atoms with Crippen molar-refractivity contribution >= 4 is 23.1 Å². The summed E-state index contributed by atoms with van der Waals surface area (Å²) in [5.41, 5.74) is 9.49. The Bertz CT molecular complexity index is 670. The first-order valence-electron chi connectivity index (χ1n) is 6.56. The van der Waals surface area contributed by atoms with E-state index in [1.165, 1.54) is 11.1 Å². The first-order chi connectivity index (χ1) is 10.0. The Balaban J connectivity index is 2.35. The van der Waals surface area contributed by atoms with Gasteiger partial charge in [0.25, 0.3) is 0 Å². The Morgan fingerprint density at radius 3 is 2.67 bits per heavy atom. The smallest absolute Gasteiger partial charge is 0.173 e. The Morgan fingerprint density at radius 2 is 2.00 bits per heavy atom. The highest BCUT2D eigenvalue weighted by atomic mass is 35.5. The molecule has 0 radical (unpaired) electrons. The predicted octanol–water partition coefficient (Wildman–Crippen LogP) is 3.38. The lowest BCUT2D eigenvalue weighted by molar-refractivity contribution is 0.318. The molecule has 2 rings (SSSR count). The van der Waals surface area contributed by atoms with E-state index in [1.807, 2.05) is 30.1 Å². The van der Waals surface area contributed by atoms with E-state index in [9.17, 15) is 0 Å². The van der Waals surface area contributed by atoms with E-state index in [0.29, 0.717) is 17.1 Å². The van der Waals surface area contributed by atoms with Crippen LogP contribution in [0.15, 0.2) is 47.6 Å². The average molecular weight is 304 g/mol. The standard InChI is InChI=1S/C16H18ClN3O/c1-11-5-3-6-12(9-11)10-20(2)14-8-4-7-13(17)15(14)16(18)19-21/h3-9,21H,10H2,1-2H3,(H2,18,19). The summed E-state index contributed by atoms with van der Waals surface area (Å²) in [6, 6.07) is 13.7. The summed E-state index contributed by atoms with van der Waals surface area (Å²) >= 11 is 6.18. The number of nitrogens with two attached hydrogens (primary N) is 1. The predicted molar refractivity (Wildman–Crippen MR) is 87.2 cm³/mol. The van der Waals surface area contributed by atoms with Crippen LogP contribution in [-0.4, -0.2) is 18.1 Å². The van der Waals surface area contributed by atoms with Crippen LogP contribution in [0.5, 0.6) is 0 Å². The first-order valence-corrected chi connectivity index (χ1v) is 6.94. The number of nitrogens with zero attached hydrogens (tertiary/aromatic N) is 2. The number of anilines is 1. The number of oxime groups is 1. The molecule has 4 nitrogen and oxygen atoms in total. The van der Waals surface area contributed by atoms with Gasteiger partial charge >= 0.3 is 0 Å². The SMILES string of the molecule is Cc1cccc(CN(C)c2cccc(Cl)c2C(N)=NO)c1. The zero-order valence-corrected chi connectivity index (χ0v) is 12.8. The van der Waals surface area contributed by atoms with Crippen LogP contribution in [0.4, 0.5) is 5.69 Å². The van der Waals surface area contributed by atoms with Gasteiger partial charge in [-0.3, -0.25) is 0 Å². The number of halogens is 1. The second-order valence-electron chi connectivity index (χ2n) is 4.96. The average Bonchev–Trinajstić information content (AvgIpc) is 2.46. The van der Waals surface area contributed by atoms with E-state index in [-0.39, 0.29) is 5.84 Å². The van der Waals surface area contributed by atoms with Crippen molar-refractivity contribution < 1.29 is 5.21 Å². The van der Waals surface area contributed by atoms with Gasteiger partial charge < -0.3 is 15.8 Å². The van der Waals surface area contributed by atoms with Crippen molar-refractivity contribution in [2.45, 2.75) is 13.5 Å². The molecule has 5 heteroatoms. The molecule has 2 aromatic carbocycles. The Kier molecular flexibility index (Phi) is 4.70. The number of amidine groups is 1. The van der Waals surface area contributed by atoms with E-state index in [4.69, 9.17) is 22.5 Å². The molecule has 0 aromatic heterocycles. The number of hydrogen-bond donors (Lipinski definition) is 2. The topological polar surface area (TPSA) is 61.8 Å². The van der Waals surface area contributed by atoms with E-state index in [1.54, 1.807) is 6.07 Å². The van der Waals surface area contributed by atoms with Crippen LogP contribution < -0.4 is 10.6 Å². The van der Waals surface area contributed by atoms with E-state index in [2.05, 4.69) is 30.3 Å². The molecule has 0 aliphatic rings. The van der Waals surface area contributed by atoms with Gasteiger partial charge in [-0.25, -0.2) is 0 Å². The number of hydrogen-bond acceptors (Lipinski definition) is 3. The third-order valence-corrected chi connectivity index (χ3v) is 3.58. The maximum Gasteiger partial charge on any atom is 0.173 e. The van der Waals surface area contributed by atoms with Gasteiger partial charge in [-0.1, -0.05) is 52.7 Å². The largest absolute Gasteiger partial charge is 0.409 e. The van der Waals surface area contributed by atoms with Crippen LogP contribution in [0.2, 0.25) is 5.02 Å². The molecule has 0 aliphatic heterocycles. The molecule has 0 aliphatic carbocycles. The molecule has 21 heavy (non-hydrogen) atoms. The summed E-state index contributed by atoms with van der Waals surface area (Å²) in [4.78, 5) is 2.02. The van der Waals surface area contributed by atoms with Crippen LogP contribution in [-0.2, 0) is 6.54 Å². The van der Waals surface area contributed by atoms with Gasteiger partial charge in [0, 0.05) is 19.3 Å². The highest BCUT2D eigenvalue weighted by Gasteiger charge is 2.15. The fourth-order valence-electron chi connectivity index (χ4n) is 2.30. The second kappa shape index (κ2) is 6.50. The van der Waals surface area contributed by atoms with Gasteiger partial charge in [0.2, 0.25) is 0 Å². The van der Waals surface area contributed by atoms with Gasteiger partial charge in [-0.05, 0) is 24.6 Å². The maximum absolute atomic E-state index is 8.93. The quantitative estimate of drug-likeness (QED) is 0.394. The number of rotatable bonds is 4. The molecule has 110 valence electrons. The summed E-state index contributed by atoms with van der Waals surface area (Å²) in [6.07, 6.45) is 0. The summed E-state index contributed by atoms with van der Waals surface area (Å²) in [5, 5.41) is 12.5. The lowest BCUT2D eigenvalue weighted by atomic mass is 10.1. The summed E-state index contributed by atoms with van der Waals surface area (Å²) in [5.74, 6) is 0.00620. The van der Waals surface area contributed by atoms with E-state index < -0.39 is 0 Å². The minimum atomic E-state index is 0.00620. The summed E-state index contributed by atoms with van der Waals surface area (Å²) in [6.45, 7) is 2.76. The molecule has 0 fully saturated rings. The van der Waals surface area contributed by atoms with Crippen molar-refractivity contribution in [2.24, 2.45) is 10.9 Å². The Labute approximate surface area is 129 Å².